The molecule has 0 aliphatic carbocycles. The molecule has 0 aromatic rings. The van der Waals surface area contributed by atoms with Crippen molar-refractivity contribution in [3.05, 3.63) is 36.1 Å². The summed E-state index contributed by atoms with van der Waals surface area (Å²) in [5.74, 6) is 0. The highest BCUT2D eigenvalue weighted by atomic mass is 15.0. The van der Waals surface area contributed by atoms with E-state index in [0.29, 0.717) is 6.67 Å². The number of allylic oxidation sites excluding steroid dienone is 5. The van der Waals surface area contributed by atoms with Crippen molar-refractivity contribution in [3.63, 3.8) is 0 Å². The van der Waals surface area contributed by atoms with E-state index >= 15 is 0 Å². The number of nitrogens with zero attached hydrogens (tertiary/aromatic N) is 1. The third-order valence-corrected chi connectivity index (χ3v) is 1.84. The Labute approximate surface area is 87.1 Å². The summed E-state index contributed by atoms with van der Waals surface area (Å²) in [6.07, 6.45) is 8.63. The van der Waals surface area contributed by atoms with Crippen molar-refractivity contribution in [1.82, 2.24) is 5.32 Å². The van der Waals surface area contributed by atoms with Crippen LogP contribution >= 0.6 is 0 Å². The first kappa shape index (κ1) is 12.7. The highest BCUT2D eigenvalue weighted by molar-refractivity contribution is 5.71. The fourth-order valence-electron chi connectivity index (χ4n) is 0.757. The lowest BCUT2D eigenvalue weighted by atomic mass is 10.2. The first-order chi connectivity index (χ1) is 6.70. The number of nitrogens with one attached hydrogen (secondary N) is 1. The summed E-state index contributed by atoms with van der Waals surface area (Å²) >= 11 is 0. The molecule has 0 saturated carbocycles. The zero-order valence-electron chi connectivity index (χ0n) is 9.38. The molecule has 0 rings (SSSR count). The molecule has 0 aromatic carbocycles. The predicted molar refractivity (Wildman–Crippen MR) is 64.5 cm³/mol. The average molecular weight is 192 g/mol. The van der Waals surface area contributed by atoms with Gasteiger partial charge in [-0.3, -0.25) is 4.99 Å². The van der Waals surface area contributed by atoms with Gasteiger partial charge in [0.05, 0.1) is 0 Å². The maximum Gasteiger partial charge on any atom is 0.107 e. The Morgan fingerprint density at radius 2 is 2.07 bits per heavy atom. The van der Waals surface area contributed by atoms with Crippen molar-refractivity contribution in [2.24, 2.45) is 4.99 Å². The highest BCUT2D eigenvalue weighted by Crippen LogP contribution is 1.94. The van der Waals surface area contributed by atoms with Crippen LogP contribution < -0.4 is 5.32 Å². The molecule has 0 bridgehead atoms. The number of hydrogen-bond donors (Lipinski definition) is 1. The van der Waals surface area contributed by atoms with Crippen molar-refractivity contribution in [2.75, 3.05) is 6.67 Å². The van der Waals surface area contributed by atoms with Crippen molar-refractivity contribution < 1.29 is 0 Å². The summed E-state index contributed by atoms with van der Waals surface area (Å²) in [4.78, 5) is 4.19. The molecule has 0 heterocycles. The Morgan fingerprint density at radius 1 is 1.36 bits per heavy atom. The van der Waals surface area contributed by atoms with Crippen LogP contribution in [0.5, 0.6) is 0 Å². The van der Waals surface area contributed by atoms with Crippen molar-refractivity contribution >= 4 is 6.21 Å². The maximum absolute atomic E-state index is 4.19. The van der Waals surface area contributed by atoms with Crippen LogP contribution in [0.15, 0.2) is 41.1 Å². The van der Waals surface area contributed by atoms with E-state index in [2.05, 4.69) is 30.7 Å². The molecule has 0 radical (unpaired) electrons. The third-order valence-electron chi connectivity index (χ3n) is 1.84. The van der Waals surface area contributed by atoms with Gasteiger partial charge in [0, 0.05) is 11.9 Å². The van der Waals surface area contributed by atoms with Gasteiger partial charge in [-0.15, -0.1) is 0 Å². The van der Waals surface area contributed by atoms with Crippen molar-refractivity contribution in [2.45, 2.75) is 27.2 Å². The average Bonchev–Trinajstić information content (AvgIpc) is 2.17. The van der Waals surface area contributed by atoms with Gasteiger partial charge >= 0.3 is 0 Å². The minimum atomic E-state index is 0.615. The van der Waals surface area contributed by atoms with E-state index in [1.165, 1.54) is 5.57 Å². The van der Waals surface area contributed by atoms with Crippen LogP contribution in [-0.2, 0) is 0 Å². The fourth-order valence-corrected chi connectivity index (χ4v) is 0.757. The van der Waals surface area contributed by atoms with Gasteiger partial charge < -0.3 is 5.32 Å². The van der Waals surface area contributed by atoms with Crippen LogP contribution in [0.1, 0.15) is 27.2 Å². The molecule has 2 nitrogen and oxygen atoms in total. The van der Waals surface area contributed by atoms with Gasteiger partial charge in [0.2, 0.25) is 0 Å². The lowest BCUT2D eigenvalue weighted by Crippen LogP contribution is -2.10. The molecule has 1 N–H and O–H groups in total. The summed E-state index contributed by atoms with van der Waals surface area (Å²) in [7, 11) is 0. The third kappa shape index (κ3) is 7.35. The normalized spacial score (nSPS) is 13.4. The van der Waals surface area contributed by atoms with E-state index in [0.717, 1.165) is 12.1 Å². The molecule has 0 amide bonds. The minimum absolute atomic E-state index is 0.615. The Bertz CT molecular complexity index is 247. The predicted octanol–water partition coefficient (Wildman–Crippen LogP) is 3.05. The number of hydrogen-bond acceptors (Lipinski definition) is 2. The van der Waals surface area contributed by atoms with Crippen molar-refractivity contribution in [3.8, 4) is 0 Å². The number of rotatable bonds is 6. The van der Waals surface area contributed by atoms with Crippen LogP contribution in [0, 0.1) is 0 Å². The first-order valence-electron chi connectivity index (χ1n) is 4.89. The molecular formula is C12H20N2. The Kier molecular flexibility index (Phi) is 7.52. The molecule has 0 aromatic heterocycles. The van der Waals surface area contributed by atoms with Crippen molar-refractivity contribution in [1.29, 1.82) is 0 Å². The van der Waals surface area contributed by atoms with Gasteiger partial charge in [-0.2, -0.15) is 0 Å². The van der Waals surface area contributed by atoms with Crippen LogP contribution in [0.25, 0.3) is 0 Å². The van der Waals surface area contributed by atoms with Crippen LogP contribution in [0.2, 0.25) is 0 Å². The van der Waals surface area contributed by atoms with Gasteiger partial charge in [-0.25, -0.2) is 0 Å². The summed E-state index contributed by atoms with van der Waals surface area (Å²) in [5, 5.41) is 3.14. The SMILES string of the molecule is C=C/C=C(\C)NCN=C/C=C(/C)CC. The zero-order valence-corrected chi connectivity index (χ0v) is 9.38. The van der Waals surface area contributed by atoms with Gasteiger partial charge in [0.15, 0.2) is 0 Å². The number of aliphatic imine (C=N–C) groups is 1. The molecule has 78 valence electrons. The smallest absolute Gasteiger partial charge is 0.107 e. The van der Waals surface area contributed by atoms with E-state index in [-0.39, 0.29) is 0 Å². The van der Waals surface area contributed by atoms with Gasteiger partial charge in [0.25, 0.3) is 0 Å². The molecule has 0 aliphatic heterocycles. The van der Waals surface area contributed by atoms with Gasteiger partial charge in [-0.05, 0) is 32.4 Å². The second-order valence-electron chi connectivity index (χ2n) is 3.12. The van der Waals surface area contributed by atoms with Crippen LogP contribution in [0.3, 0.4) is 0 Å². The molecule has 2 heteroatoms. The largest absolute Gasteiger partial charge is 0.370 e. The summed E-state index contributed by atoms with van der Waals surface area (Å²) < 4.78 is 0. The van der Waals surface area contributed by atoms with E-state index < -0.39 is 0 Å². The fraction of sp³-hybridized carbons (Fsp3) is 0.417. The van der Waals surface area contributed by atoms with E-state index in [4.69, 9.17) is 0 Å². The monoisotopic (exact) mass is 192 g/mol. The van der Waals surface area contributed by atoms with Gasteiger partial charge in [-0.1, -0.05) is 25.2 Å². The second kappa shape index (κ2) is 8.30. The molecule has 0 spiro atoms. The summed E-state index contributed by atoms with van der Waals surface area (Å²) in [6.45, 7) is 10.5. The maximum atomic E-state index is 4.19. The van der Waals surface area contributed by atoms with E-state index in [1.807, 2.05) is 25.3 Å². The second-order valence-corrected chi connectivity index (χ2v) is 3.12. The Morgan fingerprint density at radius 3 is 2.64 bits per heavy atom. The minimum Gasteiger partial charge on any atom is -0.370 e. The molecule has 0 aliphatic rings. The summed E-state index contributed by atoms with van der Waals surface area (Å²) in [6, 6.07) is 0. The van der Waals surface area contributed by atoms with E-state index in [1.54, 1.807) is 6.08 Å². The molecule has 0 saturated heterocycles. The first-order valence-corrected chi connectivity index (χ1v) is 4.89. The Hall–Kier alpha value is -1.31. The quantitative estimate of drug-likeness (QED) is 0.507. The summed E-state index contributed by atoms with van der Waals surface area (Å²) in [5.41, 5.74) is 2.42. The van der Waals surface area contributed by atoms with Gasteiger partial charge in [0.1, 0.15) is 6.67 Å². The standard InChI is InChI=1S/C12H20N2/c1-5-7-12(4)14-10-13-9-8-11(3)6-2/h5,7-9,14H,1,6,10H2,2-4H3/b11-8-,12-7+,13-9?. The molecular weight excluding hydrogens is 172 g/mol. The lowest BCUT2D eigenvalue weighted by molar-refractivity contribution is 0.831. The molecule has 0 atom stereocenters. The van der Waals surface area contributed by atoms with Crippen LogP contribution in [-0.4, -0.2) is 12.9 Å². The van der Waals surface area contributed by atoms with Crippen LogP contribution in [0.4, 0.5) is 0 Å². The highest BCUT2D eigenvalue weighted by Gasteiger charge is 1.82. The van der Waals surface area contributed by atoms with E-state index in [9.17, 15) is 0 Å². The zero-order chi connectivity index (χ0) is 10.8. The molecule has 0 unspecified atom stereocenters. The molecule has 14 heavy (non-hydrogen) atoms. The lowest BCUT2D eigenvalue weighted by Gasteiger charge is -2.00. The molecule has 0 fully saturated rings. The Balaban J connectivity index is 3.74. The topological polar surface area (TPSA) is 24.4 Å².